The van der Waals surface area contributed by atoms with Crippen LogP contribution in [0.3, 0.4) is 0 Å². The van der Waals surface area contributed by atoms with Crippen LogP contribution in [0.4, 0.5) is 0 Å². The third kappa shape index (κ3) is 2.83. The molecule has 1 fully saturated rings. The van der Waals surface area contributed by atoms with Gasteiger partial charge in [-0.05, 0) is 12.1 Å². The van der Waals surface area contributed by atoms with Gasteiger partial charge in [-0.2, -0.15) is 5.26 Å². The fraction of sp³-hybridized carbons (Fsp3) is 0.286. The van der Waals surface area contributed by atoms with Gasteiger partial charge in [-0.15, -0.1) is 0 Å². The zero-order valence-corrected chi connectivity index (χ0v) is 11.0. The SMILES string of the molecule is CN1CC(=O)N(CC(=O)c2ccc(C#N)cc2)CC1=O. The second-order valence-corrected chi connectivity index (χ2v) is 4.61. The summed E-state index contributed by atoms with van der Waals surface area (Å²) < 4.78 is 0. The Hall–Kier alpha value is -2.68. The van der Waals surface area contributed by atoms with Gasteiger partial charge in [0, 0.05) is 12.6 Å². The molecule has 0 atom stereocenters. The average molecular weight is 271 g/mol. The number of benzene rings is 1. The van der Waals surface area contributed by atoms with E-state index in [1.54, 1.807) is 31.3 Å². The van der Waals surface area contributed by atoms with Crippen LogP contribution in [0.2, 0.25) is 0 Å². The minimum absolute atomic E-state index is 0.000512. The first kappa shape index (κ1) is 13.7. The van der Waals surface area contributed by atoms with Crippen molar-refractivity contribution in [3.05, 3.63) is 35.4 Å². The Kier molecular flexibility index (Phi) is 3.80. The van der Waals surface area contributed by atoms with Crippen LogP contribution in [0.5, 0.6) is 0 Å². The van der Waals surface area contributed by atoms with Crippen LogP contribution < -0.4 is 0 Å². The Morgan fingerprint density at radius 1 is 1.20 bits per heavy atom. The van der Waals surface area contributed by atoms with Crippen LogP contribution in [0.25, 0.3) is 0 Å². The predicted molar refractivity (Wildman–Crippen MR) is 69.7 cm³/mol. The van der Waals surface area contributed by atoms with Crippen LogP contribution in [0.1, 0.15) is 15.9 Å². The Labute approximate surface area is 116 Å². The minimum Gasteiger partial charge on any atom is -0.335 e. The maximum Gasteiger partial charge on any atom is 0.243 e. The van der Waals surface area contributed by atoms with Crippen molar-refractivity contribution < 1.29 is 14.4 Å². The molecule has 1 aromatic rings. The van der Waals surface area contributed by atoms with Gasteiger partial charge >= 0.3 is 0 Å². The summed E-state index contributed by atoms with van der Waals surface area (Å²) in [4.78, 5) is 37.9. The van der Waals surface area contributed by atoms with Crippen molar-refractivity contribution in [3.8, 4) is 6.07 Å². The van der Waals surface area contributed by atoms with E-state index in [4.69, 9.17) is 5.26 Å². The molecule has 0 bridgehead atoms. The van der Waals surface area contributed by atoms with Gasteiger partial charge in [0.15, 0.2) is 5.78 Å². The van der Waals surface area contributed by atoms with Crippen LogP contribution in [-0.4, -0.2) is 54.1 Å². The summed E-state index contributed by atoms with van der Waals surface area (Å²) in [5, 5.41) is 8.69. The molecule has 2 amide bonds. The van der Waals surface area contributed by atoms with Gasteiger partial charge < -0.3 is 9.80 Å². The number of hydrogen-bond acceptors (Lipinski definition) is 4. The van der Waals surface area contributed by atoms with Gasteiger partial charge in [-0.3, -0.25) is 14.4 Å². The maximum absolute atomic E-state index is 12.0. The van der Waals surface area contributed by atoms with E-state index in [2.05, 4.69) is 0 Å². The second kappa shape index (κ2) is 5.53. The Balaban J connectivity index is 2.05. The number of carbonyl (C=O) groups excluding carboxylic acids is 3. The van der Waals surface area contributed by atoms with E-state index in [0.29, 0.717) is 11.1 Å². The van der Waals surface area contributed by atoms with E-state index in [9.17, 15) is 14.4 Å². The fourth-order valence-electron chi connectivity index (χ4n) is 1.90. The van der Waals surface area contributed by atoms with Gasteiger partial charge in [0.25, 0.3) is 0 Å². The summed E-state index contributed by atoms with van der Waals surface area (Å²) >= 11 is 0. The summed E-state index contributed by atoms with van der Waals surface area (Å²) in [5.41, 5.74) is 0.885. The predicted octanol–water partition coefficient (Wildman–Crippen LogP) is 0.0416. The number of carbonyl (C=O) groups is 3. The first-order chi connectivity index (χ1) is 9.51. The highest BCUT2D eigenvalue weighted by molar-refractivity contribution is 6.01. The largest absolute Gasteiger partial charge is 0.335 e. The van der Waals surface area contributed by atoms with Gasteiger partial charge in [-0.25, -0.2) is 0 Å². The van der Waals surface area contributed by atoms with Crippen molar-refractivity contribution in [1.82, 2.24) is 9.80 Å². The number of nitrogens with zero attached hydrogens (tertiary/aromatic N) is 3. The molecule has 20 heavy (non-hydrogen) atoms. The van der Waals surface area contributed by atoms with Crippen LogP contribution in [-0.2, 0) is 9.59 Å². The van der Waals surface area contributed by atoms with Gasteiger partial charge in [0.2, 0.25) is 11.8 Å². The molecular weight excluding hydrogens is 258 g/mol. The third-order valence-corrected chi connectivity index (χ3v) is 3.15. The summed E-state index contributed by atoms with van der Waals surface area (Å²) in [5.74, 6) is -0.675. The molecule has 0 aliphatic carbocycles. The first-order valence-corrected chi connectivity index (χ1v) is 6.06. The monoisotopic (exact) mass is 271 g/mol. The van der Waals surface area contributed by atoms with Crippen molar-refractivity contribution in [3.63, 3.8) is 0 Å². The van der Waals surface area contributed by atoms with Crippen LogP contribution in [0.15, 0.2) is 24.3 Å². The van der Waals surface area contributed by atoms with E-state index in [0.717, 1.165) is 0 Å². The Morgan fingerprint density at radius 3 is 2.45 bits per heavy atom. The number of rotatable bonds is 3. The molecule has 6 heteroatoms. The molecule has 0 radical (unpaired) electrons. The van der Waals surface area contributed by atoms with Crippen molar-refractivity contribution in [2.45, 2.75) is 0 Å². The number of hydrogen-bond donors (Lipinski definition) is 0. The van der Waals surface area contributed by atoms with Crippen molar-refractivity contribution in [1.29, 1.82) is 5.26 Å². The highest BCUT2D eigenvalue weighted by atomic mass is 16.2. The molecule has 1 saturated heterocycles. The molecule has 0 aromatic heterocycles. The summed E-state index contributed by atoms with van der Waals surface area (Å²) in [7, 11) is 1.56. The fourth-order valence-corrected chi connectivity index (χ4v) is 1.90. The highest BCUT2D eigenvalue weighted by Crippen LogP contribution is 2.08. The molecule has 0 unspecified atom stereocenters. The molecule has 1 aliphatic heterocycles. The zero-order chi connectivity index (χ0) is 14.7. The molecule has 0 N–H and O–H groups in total. The lowest BCUT2D eigenvalue weighted by Gasteiger charge is -2.31. The molecule has 2 rings (SSSR count). The lowest BCUT2D eigenvalue weighted by Crippen LogP contribution is -2.53. The van der Waals surface area contributed by atoms with E-state index in [-0.39, 0.29) is 37.2 Å². The van der Waals surface area contributed by atoms with Crippen molar-refractivity contribution in [2.24, 2.45) is 0 Å². The summed E-state index contributed by atoms with van der Waals surface area (Å²) in [6.07, 6.45) is 0. The van der Waals surface area contributed by atoms with E-state index in [1.165, 1.54) is 9.80 Å². The number of amides is 2. The lowest BCUT2D eigenvalue weighted by atomic mass is 10.1. The lowest BCUT2D eigenvalue weighted by molar-refractivity contribution is -0.148. The summed E-state index contributed by atoms with van der Waals surface area (Å²) in [6.45, 7) is -0.193. The summed E-state index contributed by atoms with van der Waals surface area (Å²) in [6, 6.07) is 8.15. The Bertz CT molecular complexity index is 601. The number of Topliss-reactive ketones (excluding diaryl/α,β-unsaturated/α-hetero) is 1. The number of ketones is 1. The molecular formula is C14H13N3O3. The normalized spacial score (nSPS) is 15.2. The first-order valence-electron chi connectivity index (χ1n) is 6.06. The number of nitriles is 1. The minimum atomic E-state index is -0.250. The van der Waals surface area contributed by atoms with Crippen LogP contribution in [0, 0.1) is 11.3 Å². The zero-order valence-electron chi connectivity index (χ0n) is 11.0. The van der Waals surface area contributed by atoms with Crippen molar-refractivity contribution in [2.75, 3.05) is 26.7 Å². The molecule has 0 spiro atoms. The molecule has 0 saturated carbocycles. The van der Waals surface area contributed by atoms with Crippen LogP contribution >= 0.6 is 0 Å². The molecule has 102 valence electrons. The Morgan fingerprint density at radius 2 is 1.85 bits per heavy atom. The second-order valence-electron chi connectivity index (χ2n) is 4.61. The molecule has 1 aromatic carbocycles. The number of likely N-dealkylation sites (N-methyl/N-ethyl adjacent to an activating group) is 1. The van der Waals surface area contributed by atoms with Crippen molar-refractivity contribution >= 4 is 17.6 Å². The number of piperazine rings is 1. The van der Waals surface area contributed by atoms with Gasteiger partial charge in [0.1, 0.15) is 6.54 Å². The molecule has 1 heterocycles. The van der Waals surface area contributed by atoms with E-state index in [1.807, 2.05) is 6.07 Å². The third-order valence-electron chi connectivity index (χ3n) is 3.15. The quantitative estimate of drug-likeness (QED) is 0.727. The highest BCUT2D eigenvalue weighted by Gasteiger charge is 2.28. The van der Waals surface area contributed by atoms with E-state index >= 15 is 0 Å². The maximum atomic E-state index is 12.0. The smallest absolute Gasteiger partial charge is 0.243 e. The molecule has 6 nitrogen and oxygen atoms in total. The standard InChI is InChI=1S/C14H13N3O3/c1-16-8-14(20)17(9-13(16)19)7-12(18)11-4-2-10(6-15)3-5-11/h2-5H,7-9H2,1H3. The topological polar surface area (TPSA) is 81.5 Å². The molecule has 1 aliphatic rings. The van der Waals surface area contributed by atoms with E-state index < -0.39 is 0 Å². The van der Waals surface area contributed by atoms with Gasteiger partial charge in [0.05, 0.1) is 24.7 Å². The van der Waals surface area contributed by atoms with Gasteiger partial charge in [-0.1, -0.05) is 12.1 Å². The average Bonchev–Trinajstić information content (AvgIpc) is 2.44.